The predicted molar refractivity (Wildman–Crippen MR) is 40.5 cm³/mol. The largest absolute Gasteiger partial charge is 0.477 e. The Morgan fingerprint density at radius 2 is 1.35 bits per heavy atom. The van der Waals surface area contributed by atoms with E-state index in [4.69, 9.17) is 5.11 Å². The first-order valence-electron chi connectivity index (χ1n) is 4.16. The summed E-state index contributed by atoms with van der Waals surface area (Å²) in [4.78, 5) is 20.3. The molecular weight excluding hydrogens is 316 g/mol. The molecule has 0 radical (unpaired) electrons. The highest BCUT2D eigenvalue weighted by atomic mass is 19.4. The first-order chi connectivity index (χ1) is 8.63. The molecule has 0 aliphatic carbocycles. The van der Waals surface area contributed by atoms with Gasteiger partial charge >= 0.3 is 36.0 Å². The second-order valence-corrected chi connectivity index (χ2v) is 3.08. The van der Waals surface area contributed by atoms with E-state index < -0.39 is 36.0 Å². The Morgan fingerprint density at radius 1 is 0.950 bits per heavy atom. The van der Waals surface area contributed by atoms with Crippen molar-refractivity contribution in [1.82, 2.24) is 0 Å². The van der Waals surface area contributed by atoms with Gasteiger partial charge in [-0.3, -0.25) is 4.74 Å². The van der Waals surface area contributed by atoms with Crippen LogP contribution in [0.4, 0.5) is 35.1 Å². The minimum atomic E-state index is -6.62. The standard InChI is InChI=1S/C7H4F8O5/c1-19-3(18)4(8,9)7(14,15)20-5(10,2(16)17)6(11,12)13/h1H3,(H,16,17). The van der Waals surface area contributed by atoms with Crippen molar-refractivity contribution < 1.29 is 59.3 Å². The van der Waals surface area contributed by atoms with Crippen molar-refractivity contribution in [1.29, 1.82) is 0 Å². The van der Waals surface area contributed by atoms with Gasteiger partial charge in [-0.15, -0.1) is 0 Å². The lowest BCUT2D eigenvalue weighted by atomic mass is 10.2. The zero-order valence-corrected chi connectivity index (χ0v) is 9.10. The van der Waals surface area contributed by atoms with Crippen LogP contribution in [-0.2, 0) is 19.1 Å². The van der Waals surface area contributed by atoms with E-state index in [1.54, 1.807) is 0 Å². The fraction of sp³-hybridized carbons (Fsp3) is 0.714. The van der Waals surface area contributed by atoms with Crippen molar-refractivity contribution in [3.8, 4) is 0 Å². The van der Waals surface area contributed by atoms with E-state index in [2.05, 4.69) is 9.47 Å². The number of rotatable bonds is 5. The molecular formula is C7H4F8O5. The first-order valence-corrected chi connectivity index (χ1v) is 4.16. The molecule has 0 heterocycles. The zero-order chi connectivity index (χ0) is 16.6. The number of hydrogen-bond donors (Lipinski definition) is 1. The lowest BCUT2D eigenvalue weighted by Gasteiger charge is -2.30. The third kappa shape index (κ3) is 2.91. The quantitative estimate of drug-likeness (QED) is 0.617. The molecule has 0 saturated heterocycles. The van der Waals surface area contributed by atoms with Crippen LogP contribution < -0.4 is 0 Å². The van der Waals surface area contributed by atoms with Crippen LogP contribution in [0.5, 0.6) is 0 Å². The minimum absolute atomic E-state index is 0.177. The smallest absolute Gasteiger partial charge is 0.460 e. The molecule has 5 nitrogen and oxygen atoms in total. The summed E-state index contributed by atoms with van der Waals surface area (Å²) in [6.45, 7) is 0. The molecule has 1 unspecified atom stereocenters. The molecule has 0 saturated carbocycles. The molecule has 0 aromatic rings. The molecule has 0 aromatic heterocycles. The Morgan fingerprint density at radius 3 is 1.60 bits per heavy atom. The Bertz CT molecular complexity index is 405. The highest BCUT2D eigenvalue weighted by Crippen LogP contribution is 2.45. The van der Waals surface area contributed by atoms with E-state index in [0.717, 1.165) is 0 Å². The number of carbonyl (C=O) groups is 2. The molecule has 0 fully saturated rings. The van der Waals surface area contributed by atoms with Crippen LogP contribution in [0.2, 0.25) is 0 Å². The lowest BCUT2D eigenvalue weighted by molar-refractivity contribution is -0.433. The normalized spacial score (nSPS) is 16.4. The van der Waals surface area contributed by atoms with E-state index >= 15 is 0 Å². The SMILES string of the molecule is COC(=O)C(F)(F)C(F)(F)OC(F)(C(=O)O)C(F)(F)F. The van der Waals surface area contributed by atoms with Crippen molar-refractivity contribution in [2.75, 3.05) is 7.11 Å². The van der Waals surface area contributed by atoms with Crippen LogP contribution in [0, 0.1) is 0 Å². The number of ether oxygens (including phenoxy) is 2. The molecule has 1 N–H and O–H groups in total. The van der Waals surface area contributed by atoms with E-state index in [9.17, 15) is 44.7 Å². The fourth-order valence-electron chi connectivity index (χ4n) is 0.710. The third-order valence-corrected chi connectivity index (χ3v) is 1.72. The molecule has 0 rings (SSSR count). The highest BCUT2D eigenvalue weighted by molar-refractivity contribution is 5.79. The van der Waals surface area contributed by atoms with Crippen LogP contribution in [0.1, 0.15) is 0 Å². The Kier molecular flexibility index (Phi) is 4.61. The summed E-state index contributed by atoms with van der Waals surface area (Å²) in [5.74, 6) is -18.9. The number of esters is 1. The maximum Gasteiger partial charge on any atom is 0.460 e. The van der Waals surface area contributed by atoms with Crippen molar-refractivity contribution in [3.63, 3.8) is 0 Å². The average Bonchev–Trinajstić information content (AvgIpc) is 2.24. The van der Waals surface area contributed by atoms with Crippen LogP contribution in [0.25, 0.3) is 0 Å². The van der Waals surface area contributed by atoms with E-state index in [-0.39, 0.29) is 7.11 Å². The summed E-state index contributed by atoms with van der Waals surface area (Å²) in [6.07, 6.45) is -13.1. The lowest BCUT2D eigenvalue weighted by Crippen LogP contribution is -2.60. The Hall–Kier alpha value is -1.66. The Labute approximate surface area is 104 Å². The second kappa shape index (κ2) is 5.03. The molecule has 20 heavy (non-hydrogen) atoms. The first kappa shape index (κ1) is 18.3. The maximum atomic E-state index is 12.9. The molecule has 0 aliphatic heterocycles. The van der Waals surface area contributed by atoms with Crippen LogP contribution >= 0.6 is 0 Å². The number of carbonyl (C=O) groups excluding carboxylic acids is 1. The average molecular weight is 320 g/mol. The second-order valence-electron chi connectivity index (χ2n) is 3.08. The van der Waals surface area contributed by atoms with Crippen molar-refractivity contribution in [2.45, 2.75) is 24.1 Å². The number of alkyl halides is 8. The van der Waals surface area contributed by atoms with E-state index in [0.29, 0.717) is 0 Å². The molecule has 0 bridgehead atoms. The van der Waals surface area contributed by atoms with Gasteiger partial charge in [-0.25, -0.2) is 9.59 Å². The maximum absolute atomic E-state index is 12.9. The number of hydrogen-bond acceptors (Lipinski definition) is 4. The number of aliphatic carboxylic acids is 1. The number of carboxylic acid groups (broad SMARTS) is 1. The van der Waals surface area contributed by atoms with E-state index in [1.165, 1.54) is 0 Å². The summed E-state index contributed by atoms with van der Waals surface area (Å²) in [5, 5.41) is 7.88. The summed E-state index contributed by atoms with van der Waals surface area (Å²) < 4.78 is 105. The molecule has 118 valence electrons. The summed E-state index contributed by atoms with van der Waals surface area (Å²) in [7, 11) is 0.177. The molecule has 0 aromatic carbocycles. The Balaban J connectivity index is 5.66. The predicted octanol–water partition coefficient (Wildman–Crippen LogP) is 1.72. The minimum Gasteiger partial charge on any atom is -0.477 e. The number of halogens is 8. The third-order valence-electron chi connectivity index (χ3n) is 1.72. The van der Waals surface area contributed by atoms with Gasteiger partial charge < -0.3 is 9.84 Å². The highest BCUT2D eigenvalue weighted by Gasteiger charge is 2.75. The number of methoxy groups -OCH3 is 1. The van der Waals surface area contributed by atoms with Crippen LogP contribution in [0.3, 0.4) is 0 Å². The van der Waals surface area contributed by atoms with Gasteiger partial charge in [-0.1, -0.05) is 0 Å². The van der Waals surface area contributed by atoms with Gasteiger partial charge in [0.25, 0.3) is 0 Å². The summed E-state index contributed by atoms with van der Waals surface area (Å²) in [5.41, 5.74) is 0. The van der Waals surface area contributed by atoms with Crippen LogP contribution in [0.15, 0.2) is 0 Å². The molecule has 13 heteroatoms. The number of carboxylic acids is 1. The zero-order valence-electron chi connectivity index (χ0n) is 9.10. The van der Waals surface area contributed by atoms with Gasteiger partial charge in [0.1, 0.15) is 0 Å². The molecule has 1 atom stereocenters. The van der Waals surface area contributed by atoms with Gasteiger partial charge in [-0.05, 0) is 0 Å². The van der Waals surface area contributed by atoms with Gasteiger partial charge in [0.15, 0.2) is 0 Å². The molecule has 0 aliphatic rings. The van der Waals surface area contributed by atoms with Gasteiger partial charge in [0, 0.05) is 0 Å². The van der Waals surface area contributed by atoms with Gasteiger partial charge in [0.05, 0.1) is 7.11 Å². The topological polar surface area (TPSA) is 72.8 Å². The summed E-state index contributed by atoms with van der Waals surface area (Å²) >= 11 is 0. The monoisotopic (exact) mass is 320 g/mol. The van der Waals surface area contributed by atoms with Gasteiger partial charge in [-0.2, -0.15) is 35.1 Å². The van der Waals surface area contributed by atoms with Crippen molar-refractivity contribution in [2.24, 2.45) is 0 Å². The van der Waals surface area contributed by atoms with Crippen molar-refractivity contribution in [3.05, 3.63) is 0 Å². The van der Waals surface area contributed by atoms with Gasteiger partial charge in [0.2, 0.25) is 0 Å². The van der Waals surface area contributed by atoms with Crippen LogP contribution in [-0.4, -0.2) is 48.2 Å². The molecule has 0 spiro atoms. The van der Waals surface area contributed by atoms with Crippen molar-refractivity contribution >= 4 is 11.9 Å². The fourth-order valence-corrected chi connectivity index (χ4v) is 0.710. The summed E-state index contributed by atoms with van der Waals surface area (Å²) in [6, 6.07) is 0. The van der Waals surface area contributed by atoms with E-state index in [1.807, 2.05) is 0 Å². The molecule has 0 amide bonds.